The van der Waals surface area contributed by atoms with Gasteiger partial charge in [-0.3, -0.25) is 0 Å². The standard InChI is InChI=1S/C10H15N.C8H8O3/c1-2-8-11-9-10-6-4-3-5-7-10;9-7(8(10)11)6-4-2-1-3-5-6/h3-7,11H,2,8-9H2,1H3;1-5,7,9H,(H,10,11). The average Bonchev–Trinajstić information content (AvgIpc) is 2.57. The van der Waals surface area contributed by atoms with Gasteiger partial charge in [-0.25, -0.2) is 4.79 Å². The molecular weight excluding hydrogens is 278 g/mol. The van der Waals surface area contributed by atoms with E-state index in [0.29, 0.717) is 5.56 Å². The molecule has 0 aliphatic carbocycles. The fourth-order valence-corrected chi connectivity index (χ4v) is 1.78. The van der Waals surface area contributed by atoms with Gasteiger partial charge in [-0.2, -0.15) is 0 Å². The molecule has 0 spiro atoms. The van der Waals surface area contributed by atoms with Crippen LogP contribution in [0.1, 0.15) is 30.6 Å². The molecule has 3 N–H and O–H groups in total. The molecule has 0 fully saturated rings. The highest BCUT2D eigenvalue weighted by molar-refractivity contribution is 5.73. The summed E-state index contributed by atoms with van der Waals surface area (Å²) in [5, 5.41) is 20.7. The van der Waals surface area contributed by atoms with Gasteiger partial charge in [-0.05, 0) is 24.1 Å². The Kier molecular flexibility index (Phi) is 8.57. The van der Waals surface area contributed by atoms with E-state index in [0.717, 1.165) is 13.1 Å². The van der Waals surface area contributed by atoms with Crippen LogP contribution in [0.25, 0.3) is 0 Å². The second-order valence-corrected chi connectivity index (χ2v) is 4.81. The monoisotopic (exact) mass is 301 g/mol. The van der Waals surface area contributed by atoms with E-state index in [9.17, 15) is 4.79 Å². The number of carbonyl (C=O) groups is 1. The van der Waals surface area contributed by atoms with Crippen molar-refractivity contribution in [1.82, 2.24) is 5.32 Å². The number of aliphatic carboxylic acids is 1. The first-order chi connectivity index (χ1) is 10.6. The normalized spacial score (nSPS) is 11.2. The molecule has 0 aromatic heterocycles. The summed E-state index contributed by atoms with van der Waals surface area (Å²) in [4.78, 5) is 10.2. The van der Waals surface area contributed by atoms with Crippen LogP contribution < -0.4 is 5.32 Å². The molecule has 0 saturated heterocycles. The van der Waals surface area contributed by atoms with Crippen LogP contribution in [0.15, 0.2) is 60.7 Å². The van der Waals surface area contributed by atoms with Crippen molar-refractivity contribution in [3.8, 4) is 0 Å². The van der Waals surface area contributed by atoms with E-state index in [1.807, 2.05) is 6.07 Å². The van der Waals surface area contributed by atoms with E-state index in [1.165, 1.54) is 12.0 Å². The molecule has 0 saturated carbocycles. The molecule has 22 heavy (non-hydrogen) atoms. The lowest BCUT2D eigenvalue weighted by atomic mass is 10.1. The Morgan fingerprint density at radius 3 is 2.09 bits per heavy atom. The summed E-state index contributed by atoms with van der Waals surface area (Å²) in [6.07, 6.45) is -0.205. The molecule has 0 heterocycles. The number of carboxylic acids is 1. The molecule has 1 unspecified atom stereocenters. The minimum Gasteiger partial charge on any atom is -0.479 e. The summed E-state index contributed by atoms with van der Waals surface area (Å²) < 4.78 is 0. The van der Waals surface area contributed by atoms with Crippen LogP contribution in [0, 0.1) is 0 Å². The number of hydrogen-bond acceptors (Lipinski definition) is 3. The fourth-order valence-electron chi connectivity index (χ4n) is 1.78. The average molecular weight is 301 g/mol. The van der Waals surface area contributed by atoms with Crippen molar-refractivity contribution < 1.29 is 15.0 Å². The largest absolute Gasteiger partial charge is 0.479 e. The van der Waals surface area contributed by atoms with Crippen LogP contribution >= 0.6 is 0 Å². The molecule has 118 valence electrons. The first-order valence-corrected chi connectivity index (χ1v) is 7.35. The Bertz CT molecular complexity index is 529. The molecule has 0 amide bonds. The predicted octanol–water partition coefficient (Wildman–Crippen LogP) is 2.99. The van der Waals surface area contributed by atoms with Gasteiger partial charge in [0.25, 0.3) is 0 Å². The van der Waals surface area contributed by atoms with E-state index in [1.54, 1.807) is 30.3 Å². The molecule has 1 atom stereocenters. The van der Waals surface area contributed by atoms with Crippen LogP contribution in [-0.2, 0) is 11.3 Å². The van der Waals surface area contributed by atoms with E-state index in [-0.39, 0.29) is 0 Å². The minimum atomic E-state index is -1.41. The van der Waals surface area contributed by atoms with Crippen molar-refractivity contribution >= 4 is 5.97 Å². The Hall–Kier alpha value is -2.17. The number of rotatable bonds is 6. The Balaban J connectivity index is 0.000000220. The molecular formula is C18H23NO3. The summed E-state index contributed by atoms with van der Waals surface area (Å²) in [7, 11) is 0. The van der Waals surface area contributed by atoms with Crippen molar-refractivity contribution in [2.75, 3.05) is 6.54 Å². The lowest BCUT2D eigenvalue weighted by Gasteiger charge is -2.03. The van der Waals surface area contributed by atoms with Crippen molar-refractivity contribution in [2.24, 2.45) is 0 Å². The summed E-state index contributed by atoms with van der Waals surface area (Å²) in [5.41, 5.74) is 1.76. The minimum absolute atomic E-state index is 0.403. The van der Waals surface area contributed by atoms with Gasteiger partial charge in [0.05, 0.1) is 0 Å². The van der Waals surface area contributed by atoms with Gasteiger partial charge in [0.1, 0.15) is 0 Å². The predicted molar refractivity (Wildman–Crippen MR) is 87.5 cm³/mol. The quantitative estimate of drug-likeness (QED) is 0.717. The van der Waals surface area contributed by atoms with E-state index >= 15 is 0 Å². The maximum Gasteiger partial charge on any atom is 0.337 e. The third kappa shape index (κ3) is 7.02. The Labute approximate surface area is 131 Å². The maximum atomic E-state index is 10.2. The topological polar surface area (TPSA) is 69.6 Å². The Morgan fingerprint density at radius 1 is 1.05 bits per heavy atom. The first-order valence-electron chi connectivity index (χ1n) is 7.35. The van der Waals surface area contributed by atoms with Crippen LogP contribution in [0.3, 0.4) is 0 Å². The lowest BCUT2D eigenvalue weighted by Crippen LogP contribution is -2.13. The second kappa shape index (κ2) is 10.5. The summed E-state index contributed by atoms with van der Waals surface area (Å²) in [6, 6.07) is 18.7. The van der Waals surface area contributed by atoms with Crippen LogP contribution in [0.5, 0.6) is 0 Å². The number of carboxylic acid groups (broad SMARTS) is 1. The van der Waals surface area contributed by atoms with Crippen molar-refractivity contribution in [2.45, 2.75) is 26.0 Å². The summed E-state index contributed by atoms with van der Waals surface area (Å²) in [6.45, 7) is 4.28. The number of nitrogens with one attached hydrogen (secondary N) is 1. The zero-order valence-corrected chi connectivity index (χ0v) is 12.8. The van der Waals surface area contributed by atoms with Gasteiger partial charge in [-0.1, -0.05) is 67.6 Å². The highest BCUT2D eigenvalue weighted by Gasteiger charge is 2.14. The van der Waals surface area contributed by atoms with Crippen molar-refractivity contribution in [1.29, 1.82) is 0 Å². The van der Waals surface area contributed by atoms with Gasteiger partial charge >= 0.3 is 5.97 Å². The molecule has 4 heteroatoms. The van der Waals surface area contributed by atoms with E-state index < -0.39 is 12.1 Å². The zero-order chi connectivity index (χ0) is 16.2. The second-order valence-electron chi connectivity index (χ2n) is 4.81. The smallest absolute Gasteiger partial charge is 0.337 e. The van der Waals surface area contributed by atoms with Gasteiger partial charge in [0.2, 0.25) is 0 Å². The van der Waals surface area contributed by atoms with Gasteiger partial charge in [0, 0.05) is 6.54 Å². The fraction of sp³-hybridized carbons (Fsp3) is 0.278. The van der Waals surface area contributed by atoms with Gasteiger partial charge < -0.3 is 15.5 Å². The highest BCUT2D eigenvalue weighted by Crippen LogP contribution is 2.10. The molecule has 4 nitrogen and oxygen atoms in total. The summed E-state index contributed by atoms with van der Waals surface area (Å²) >= 11 is 0. The van der Waals surface area contributed by atoms with E-state index in [2.05, 4.69) is 36.5 Å². The number of benzene rings is 2. The molecule has 0 aliphatic rings. The lowest BCUT2D eigenvalue weighted by molar-refractivity contribution is -0.146. The molecule has 2 aromatic rings. The van der Waals surface area contributed by atoms with Crippen LogP contribution in [0.4, 0.5) is 0 Å². The number of aliphatic hydroxyl groups is 1. The molecule has 0 aliphatic heterocycles. The van der Waals surface area contributed by atoms with Crippen molar-refractivity contribution in [3.05, 3.63) is 71.8 Å². The molecule has 2 rings (SSSR count). The molecule has 2 aromatic carbocycles. The highest BCUT2D eigenvalue weighted by atomic mass is 16.4. The third-order valence-electron chi connectivity index (χ3n) is 2.95. The van der Waals surface area contributed by atoms with Crippen molar-refractivity contribution in [3.63, 3.8) is 0 Å². The number of aliphatic hydroxyl groups excluding tert-OH is 1. The van der Waals surface area contributed by atoms with Gasteiger partial charge in [0.15, 0.2) is 6.10 Å². The van der Waals surface area contributed by atoms with Gasteiger partial charge in [-0.15, -0.1) is 0 Å². The first kappa shape index (κ1) is 17.9. The van der Waals surface area contributed by atoms with Crippen LogP contribution in [-0.4, -0.2) is 22.7 Å². The molecule has 0 radical (unpaired) electrons. The van der Waals surface area contributed by atoms with Crippen LogP contribution in [0.2, 0.25) is 0 Å². The maximum absolute atomic E-state index is 10.2. The zero-order valence-electron chi connectivity index (χ0n) is 12.8. The van der Waals surface area contributed by atoms with E-state index in [4.69, 9.17) is 10.2 Å². The third-order valence-corrected chi connectivity index (χ3v) is 2.95. The summed E-state index contributed by atoms with van der Waals surface area (Å²) in [5.74, 6) is -1.23. The molecule has 0 bridgehead atoms. The SMILES string of the molecule is CCCNCc1ccccc1.O=C(O)C(O)c1ccccc1. The Morgan fingerprint density at radius 2 is 1.59 bits per heavy atom. The number of hydrogen-bond donors (Lipinski definition) is 3.